The zero-order chi connectivity index (χ0) is 12.3. The maximum atomic E-state index is 11.4. The molecule has 0 radical (unpaired) electrons. The summed E-state index contributed by atoms with van der Waals surface area (Å²) in [7, 11) is 0. The van der Waals surface area contributed by atoms with Crippen molar-refractivity contribution in [1.29, 1.82) is 0 Å². The van der Waals surface area contributed by atoms with E-state index in [1.807, 2.05) is 6.07 Å². The lowest BCUT2D eigenvalue weighted by Crippen LogP contribution is -2.29. The molecule has 0 aliphatic heterocycles. The number of nitrogens with one attached hydrogen (secondary N) is 2. The first-order valence-electron chi connectivity index (χ1n) is 5.49. The average molecular weight is 363 g/mol. The summed E-state index contributed by atoms with van der Waals surface area (Å²) in [4.78, 5) is 15.6. The molecule has 6 heteroatoms. The fraction of sp³-hybridized carbons (Fsp3) is 0.455. The van der Waals surface area contributed by atoms with Crippen LogP contribution in [0, 0.1) is 5.92 Å². The Morgan fingerprint density at radius 3 is 2.82 bits per heavy atom. The second-order valence-corrected chi connectivity index (χ2v) is 5.75. The zero-order valence-electron chi connectivity index (χ0n) is 9.17. The van der Waals surface area contributed by atoms with Gasteiger partial charge in [0.1, 0.15) is 5.82 Å². The van der Waals surface area contributed by atoms with Gasteiger partial charge in [-0.15, -0.1) is 0 Å². The first-order chi connectivity index (χ1) is 8.16. The van der Waals surface area contributed by atoms with Crippen LogP contribution in [0.1, 0.15) is 12.8 Å². The van der Waals surface area contributed by atoms with E-state index in [1.165, 1.54) is 0 Å². The number of amides is 1. The molecule has 2 N–H and O–H groups in total. The molecule has 1 amide bonds. The first kappa shape index (κ1) is 12.8. The SMILES string of the molecule is O=C(NCCNc1ncc(Br)cc1Br)C1CC1. The molecule has 2 rings (SSSR count). The fourth-order valence-corrected chi connectivity index (χ4v) is 2.53. The molecule has 0 spiro atoms. The van der Waals surface area contributed by atoms with Crippen LogP contribution in [0.25, 0.3) is 0 Å². The molecule has 0 aromatic carbocycles. The minimum atomic E-state index is 0.176. The highest BCUT2D eigenvalue weighted by molar-refractivity contribution is 9.11. The molecular formula is C11H13Br2N3O. The number of rotatable bonds is 5. The summed E-state index contributed by atoms with van der Waals surface area (Å²) in [5.74, 6) is 1.23. The Hall–Kier alpha value is -0.620. The Morgan fingerprint density at radius 1 is 1.41 bits per heavy atom. The number of carbonyl (C=O) groups excluding carboxylic acids is 1. The highest BCUT2D eigenvalue weighted by Crippen LogP contribution is 2.28. The van der Waals surface area contributed by atoms with Crippen molar-refractivity contribution in [3.8, 4) is 0 Å². The number of aromatic nitrogens is 1. The molecule has 1 aliphatic rings. The van der Waals surface area contributed by atoms with Crippen LogP contribution in [0.15, 0.2) is 21.2 Å². The van der Waals surface area contributed by atoms with E-state index >= 15 is 0 Å². The fourth-order valence-electron chi connectivity index (χ4n) is 1.40. The third-order valence-electron chi connectivity index (χ3n) is 2.47. The Labute approximate surface area is 117 Å². The van der Waals surface area contributed by atoms with Crippen molar-refractivity contribution in [2.45, 2.75) is 12.8 Å². The van der Waals surface area contributed by atoms with Crippen molar-refractivity contribution in [2.24, 2.45) is 5.92 Å². The van der Waals surface area contributed by atoms with Gasteiger partial charge in [-0.05, 0) is 50.8 Å². The quantitative estimate of drug-likeness (QED) is 0.791. The van der Waals surface area contributed by atoms with Crippen molar-refractivity contribution in [2.75, 3.05) is 18.4 Å². The van der Waals surface area contributed by atoms with Crippen LogP contribution < -0.4 is 10.6 Å². The molecule has 1 aliphatic carbocycles. The van der Waals surface area contributed by atoms with Crippen molar-refractivity contribution < 1.29 is 4.79 Å². The minimum absolute atomic E-state index is 0.176. The van der Waals surface area contributed by atoms with Gasteiger partial charge < -0.3 is 10.6 Å². The molecule has 17 heavy (non-hydrogen) atoms. The van der Waals surface area contributed by atoms with E-state index in [1.54, 1.807) is 6.20 Å². The molecule has 1 aromatic heterocycles. The zero-order valence-corrected chi connectivity index (χ0v) is 12.3. The molecular weight excluding hydrogens is 350 g/mol. The second kappa shape index (κ2) is 5.82. The Balaban J connectivity index is 1.72. The number of carbonyl (C=O) groups is 1. The summed E-state index contributed by atoms with van der Waals surface area (Å²) in [6, 6.07) is 1.93. The van der Waals surface area contributed by atoms with Crippen molar-refractivity contribution in [3.63, 3.8) is 0 Å². The molecule has 0 unspecified atom stereocenters. The van der Waals surface area contributed by atoms with Crippen molar-refractivity contribution in [3.05, 3.63) is 21.2 Å². The van der Waals surface area contributed by atoms with E-state index < -0.39 is 0 Å². The van der Waals surface area contributed by atoms with E-state index in [2.05, 4.69) is 47.5 Å². The summed E-state index contributed by atoms with van der Waals surface area (Å²) < 4.78 is 1.83. The molecule has 0 saturated heterocycles. The molecule has 4 nitrogen and oxygen atoms in total. The molecule has 1 saturated carbocycles. The predicted molar refractivity (Wildman–Crippen MR) is 73.9 cm³/mol. The summed E-state index contributed by atoms with van der Waals surface area (Å²) in [6.07, 6.45) is 3.81. The highest BCUT2D eigenvalue weighted by Gasteiger charge is 2.28. The van der Waals surface area contributed by atoms with Gasteiger partial charge in [0, 0.05) is 29.7 Å². The van der Waals surface area contributed by atoms with Gasteiger partial charge >= 0.3 is 0 Å². The lowest BCUT2D eigenvalue weighted by Gasteiger charge is -2.08. The van der Waals surface area contributed by atoms with Crippen LogP contribution >= 0.6 is 31.9 Å². The number of pyridine rings is 1. The molecule has 1 fully saturated rings. The van der Waals surface area contributed by atoms with Gasteiger partial charge in [-0.25, -0.2) is 4.98 Å². The highest BCUT2D eigenvalue weighted by atomic mass is 79.9. The molecule has 0 bridgehead atoms. The number of nitrogens with zero attached hydrogens (tertiary/aromatic N) is 1. The number of anilines is 1. The predicted octanol–water partition coefficient (Wildman–Crippen LogP) is 2.54. The summed E-state index contributed by atoms with van der Waals surface area (Å²) in [6.45, 7) is 1.30. The van der Waals surface area contributed by atoms with Gasteiger partial charge in [0.05, 0.1) is 4.47 Å². The molecule has 1 aromatic rings. The normalized spacial score (nSPS) is 14.5. The third-order valence-corrected chi connectivity index (χ3v) is 3.51. The van der Waals surface area contributed by atoms with E-state index in [0.717, 1.165) is 27.6 Å². The molecule has 92 valence electrons. The van der Waals surface area contributed by atoms with Gasteiger partial charge in [0.25, 0.3) is 0 Å². The lowest BCUT2D eigenvalue weighted by atomic mass is 10.4. The Kier molecular flexibility index (Phi) is 4.39. The minimum Gasteiger partial charge on any atom is -0.367 e. The summed E-state index contributed by atoms with van der Waals surface area (Å²) in [5.41, 5.74) is 0. The Bertz CT molecular complexity index is 421. The topological polar surface area (TPSA) is 54.0 Å². The van der Waals surface area contributed by atoms with Crippen LogP contribution in [-0.4, -0.2) is 24.0 Å². The number of hydrogen-bond acceptors (Lipinski definition) is 3. The van der Waals surface area contributed by atoms with Crippen LogP contribution in [0.5, 0.6) is 0 Å². The van der Waals surface area contributed by atoms with Gasteiger partial charge in [0.15, 0.2) is 0 Å². The summed E-state index contributed by atoms with van der Waals surface area (Å²) >= 11 is 6.76. The molecule has 1 heterocycles. The van der Waals surface area contributed by atoms with Gasteiger partial charge in [0.2, 0.25) is 5.91 Å². The van der Waals surface area contributed by atoms with E-state index in [-0.39, 0.29) is 11.8 Å². The average Bonchev–Trinajstić information content (AvgIpc) is 3.10. The standard InChI is InChI=1S/C11H13Br2N3O/c12-8-5-9(13)10(16-6-8)14-3-4-15-11(17)7-1-2-7/h5-7H,1-4H2,(H,14,16)(H,15,17). The van der Waals surface area contributed by atoms with Gasteiger partial charge in [-0.3, -0.25) is 4.79 Å². The monoisotopic (exact) mass is 361 g/mol. The lowest BCUT2D eigenvalue weighted by molar-refractivity contribution is -0.122. The van der Waals surface area contributed by atoms with Crippen LogP contribution in [0.4, 0.5) is 5.82 Å². The largest absolute Gasteiger partial charge is 0.367 e. The van der Waals surface area contributed by atoms with E-state index in [4.69, 9.17) is 0 Å². The van der Waals surface area contributed by atoms with Crippen molar-refractivity contribution in [1.82, 2.24) is 10.3 Å². The number of halogens is 2. The van der Waals surface area contributed by atoms with Crippen LogP contribution in [0.2, 0.25) is 0 Å². The van der Waals surface area contributed by atoms with Crippen LogP contribution in [-0.2, 0) is 4.79 Å². The van der Waals surface area contributed by atoms with E-state index in [9.17, 15) is 4.79 Å². The number of hydrogen-bond donors (Lipinski definition) is 2. The first-order valence-corrected chi connectivity index (χ1v) is 7.08. The second-order valence-electron chi connectivity index (χ2n) is 3.98. The molecule has 0 atom stereocenters. The maximum Gasteiger partial charge on any atom is 0.223 e. The van der Waals surface area contributed by atoms with E-state index in [0.29, 0.717) is 13.1 Å². The Morgan fingerprint density at radius 2 is 2.18 bits per heavy atom. The third kappa shape index (κ3) is 3.96. The summed E-state index contributed by atoms with van der Waals surface area (Å²) in [5, 5.41) is 6.05. The van der Waals surface area contributed by atoms with Crippen LogP contribution in [0.3, 0.4) is 0 Å². The maximum absolute atomic E-state index is 11.4. The van der Waals surface area contributed by atoms with Crippen molar-refractivity contribution >= 4 is 43.6 Å². The van der Waals surface area contributed by atoms with Gasteiger partial charge in [-0.1, -0.05) is 0 Å². The smallest absolute Gasteiger partial charge is 0.223 e. The van der Waals surface area contributed by atoms with Gasteiger partial charge in [-0.2, -0.15) is 0 Å².